The molecule has 0 aromatic heterocycles. The van der Waals surface area contributed by atoms with Crippen LogP contribution < -0.4 is 4.74 Å². The lowest BCUT2D eigenvalue weighted by molar-refractivity contribution is -0.274. The van der Waals surface area contributed by atoms with Gasteiger partial charge in [0.15, 0.2) is 0 Å². The lowest BCUT2D eigenvalue weighted by atomic mass is 9.95. The highest BCUT2D eigenvalue weighted by Crippen LogP contribution is 2.33. The van der Waals surface area contributed by atoms with E-state index in [1.807, 2.05) is 0 Å². The van der Waals surface area contributed by atoms with Gasteiger partial charge in [-0.2, -0.15) is 0 Å². The van der Waals surface area contributed by atoms with Gasteiger partial charge < -0.3 is 9.84 Å². The molecule has 0 aliphatic heterocycles. The molecule has 0 unspecified atom stereocenters. The van der Waals surface area contributed by atoms with E-state index in [1.54, 1.807) is 36.4 Å². The SMILES string of the molecule is O=C(O)c1ccc(-c2cccc(OC(F)(F)F)c2)c2ccccc12. The Kier molecular flexibility index (Phi) is 3.89. The van der Waals surface area contributed by atoms with Crippen LogP contribution in [0.3, 0.4) is 0 Å². The molecule has 0 saturated heterocycles. The van der Waals surface area contributed by atoms with Gasteiger partial charge >= 0.3 is 12.3 Å². The summed E-state index contributed by atoms with van der Waals surface area (Å²) in [6, 6.07) is 15.5. The molecule has 1 N–H and O–H groups in total. The zero-order valence-electron chi connectivity index (χ0n) is 12.2. The molecule has 0 aliphatic carbocycles. The van der Waals surface area contributed by atoms with E-state index >= 15 is 0 Å². The number of rotatable bonds is 3. The number of ether oxygens (including phenoxy) is 1. The van der Waals surface area contributed by atoms with Gasteiger partial charge in [-0.05, 0) is 40.1 Å². The summed E-state index contributed by atoms with van der Waals surface area (Å²) in [4.78, 5) is 11.3. The zero-order chi connectivity index (χ0) is 17.3. The van der Waals surface area contributed by atoms with E-state index in [2.05, 4.69) is 4.74 Å². The molecule has 0 fully saturated rings. The Labute approximate surface area is 134 Å². The summed E-state index contributed by atoms with van der Waals surface area (Å²) in [5, 5.41) is 10.4. The third kappa shape index (κ3) is 3.17. The van der Waals surface area contributed by atoms with Crippen LogP contribution in [0.25, 0.3) is 21.9 Å². The van der Waals surface area contributed by atoms with Crippen LogP contribution in [-0.4, -0.2) is 17.4 Å². The molecule has 24 heavy (non-hydrogen) atoms. The fraction of sp³-hybridized carbons (Fsp3) is 0.0556. The van der Waals surface area contributed by atoms with E-state index in [-0.39, 0.29) is 11.3 Å². The van der Waals surface area contributed by atoms with Crippen LogP contribution in [0.2, 0.25) is 0 Å². The van der Waals surface area contributed by atoms with E-state index in [1.165, 1.54) is 24.3 Å². The first kappa shape index (κ1) is 15.9. The quantitative estimate of drug-likeness (QED) is 0.725. The Balaban J connectivity index is 2.16. The standard InChI is InChI=1S/C18H11F3O3/c19-18(20,21)24-12-5-3-4-11(10-12)13-8-9-16(17(22)23)15-7-2-1-6-14(13)15/h1-10H,(H,22,23). The molecule has 3 aromatic carbocycles. The maximum atomic E-state index is 12.4. The van der Waals surface area contributed by atoms with E-state index < -0.39 is 12.3 Å². The fourth-order valence-electron chi connectivity index (χ4n) is 2.60. The van der Waals surface area contributed by atoms with Crippen molar-refractivity contribution in [3.8, 4) is 16.9 Å². The number of halogens is 3. The lowest BCUT2D eigenvalue weighted by Gasteiger charge is -2.12. The second-order valence-electron chi connectivity index (χ2n) is 5.09. The van der Waals surface area contributed by atoms with E-state index in [0.29, 0.717) is 21.9 Å². The summed E-state index contributed by atoms with van der Waals surface area (Å²) >= 11 is 0. The number of carboxylic acid groups (broad SMARTS) is 1. The molecule has 3 aromatic rings. The van der Waals surface area contributed by atoms with Crippen LogP contribution in [0, 0.1) is 0 Å². The smallest absolute Gasteiger partial charge is 0.478 e. The molecule has 0 aliphatic rings. The molecule has 0 atom stereocenters. The first-order chi connectivity index (χ1) is 11.3. The third-order valence-electron chi connectivity index (χ3n) is 3.53. The van der Waals surface area contributed by atoms with Gasteiger partial charge in [-0.3, -0.25) is 0 Å². The number of benzene rings is 3. The Morgan fingerprint density at radius 3 is 2.29 bits per heavy atom. The second-order valence-corrected chi connectivity index (χ2v) is 5.09. The highest BCUT2D eigenvalue weighted by molar-refractivity contribution is 6.08. The molecule has 0 bridgehead atoms. The average Bonchev–Trinajstić information content (AvgIpc) is 2.52. The van der Waals surface area contributed by atoms with E-state index in [4.69, 9.17) is 0 Å². The van der Waals surface area contributed by atoms with Crippen molar-refractivity contribution in [3.63, 3.8) is 0 Å². The van der Waals surface area contributed by atoms with E-state index in [0.717, 1.165) is 0 Å². The van der Waals surface area contributed by atoms with Crippen molar-refractivity contribution in [2.75, 3.05) is 0 Å². The Bertz CT molecular complexity index is 917. The molecule has 0 heterocycles. The molecule has 3 rings (SSSR count). The van der Waals surface area contributed by atoms with E-state index in [9.17, 15) is 23.1 Å². The van der Waals surface area contributed by atoms with Gasteiger partial charge in [-0.15, -0.1) is 13.2 Å². The zero-order valence-corrected chi connectivity index (χ0v) is 12.2. The van der Waals surface area contributed by atoms with Gasteiger partial charge in [0.05, 0.1) is 5.56 Å². The number of hydrogen-bond donors (Lipinski definition) is 1. The summed E-state index contributed by atoms with van der Waals surface area (Å²) in [6.07, 6.45) is -4.77. The van der Waals surface area contributed by atoms with Crippen LogP contribution in [0.4, 0.5) is 13.2 Å². The summed E-state index contributed by atoms with van der Waals surface area (Å²) < 4.78 is 41.1. The maximum Gasteiger partial charge on any atom is 0.573 e. The number of hydrogen-bond acceptors (Lipinski definition) is 2. The van der Waals surface area contributed by atoms with Crippen LogP contribution in [0.5, 0.6) is 5.75 Å². The van der Waals surface area contributed by atoms with Crippen LogP contribution in [-0.2, 0) is 0 Å². The van der Waals surface area contributed by atoms with Crippen LogP contribution >= 0.6 is 0 Å². The first-order valence-electron chi connectivity index (χ1n) is 6.96. The first-order valence-corrected chi connectivity index (χ1v) is 6.96. The summed E-state index contributed by atoms with van der Waals surface area (Å²) in [5.74, 6) is -1.39. The molecule has 0 saturated carbocycles. The van der Waals surface area contributed by atoms with Gasteiger partial charge in [0.1, 0.15) is 5.75 Å². The lowest BCUT2D eigenvalue weighted by Crippen LogP contribution is -2.17. The van der Waals surface area contributed by atoms with Crippen molar-refractivity contribution in [2.45, 2.75) is 6.36 Å². The minimum absolute atomic E-state index is 0.136. The molecule has 0 amide bonds. The maximum absolute atomic E-state index is 12.4. The van der Waals surface area contributed by atoms with Gasteiger partial charge in [0, 0.05) is 0 Å². The third-order valence-corrected chi connectivity index (χ3v) is 3.53. The van der Waals surface area contributed by atoms with Crippen molar-refractivity contribution in [1.82, 2.24) is 0 Å². The van der Waals surface area contributed by atoms with Crippen molar-refractivity contribution in [3.05, 3.63) is 66.2 Å². The normalized spacial score (nSPS) is 11.5. The molecular weight excluding hydrogens is 321 g/mol. The van der Waals surface area contributed by atoms with Gasteiger partial charge in [0.2, 0.25) is 0 Å². The highest BCUT2D eigenvalue weighted by atomic mass is 19.4. The molecular formula is C18H11F3O3. The van der Waals surface area contributed by atoms with Crippen LogP contribution in [0.15, 0.2) is 60.7 Å². The van der Waals surface area contributed by atoms with Crippen molar-refractivity contribution >= 4 is 16.7 Å². The highest BCUT2D eigenvalue weighted by Gasteiger charge is 2.31. The Morgan fingerprint density at radius 1 is 0.917 bits per heavy atom. The van der Waals surface area contributed by atoms with Crippen molar-refractivity contribution in [1.29, 1.82) is 0 Å². The molecule has 3 nitrogen and oxygen atoms in total. The fourth-order valence-corrected chi connectivity index (χ4v) is 2.60. The summed E-state index contributed by atoms with van der Waals surface area (Å²) in [7, 11) is 0. The monoisotopic (exact) mass is 332 g/mol. The van der Waals surface area contributed by atoms with Crippen molar-refractivity contribution in [2.24, 2.45) is 0 Å². The van der Waals surface area contributed by atoms with Gasteiger partial charge in [-0.1, -0.05) is 42.5 Å². The summed E-state index contributed by atoms with van der Waals surface area (Å²) in [5.41, 5.74) is 1.27. The molecule has 0 spiro atoms. The predicted molar refractivity (Wildman–Crippen MR) is 83.0 cm³/mol. The Hall–Kier alpha value is -3.02. The van der Waals surface area contributed by atoms with Gasteiger partial charge in [0.25, 0.3) is 0 Å². The number of alkyl halides is 3. The Morgan fingerprint density at radius 2 is 1.62 bits per heavy atom. The van der Waals surface area contributed by atoms with Crippen LogP contribution in [0.1, 0.15) is 10.4 Å². The minimum atomic E-state index is -4.77. The molecule has 0 radical (unpaired) electrons. The number of aromatic carboxylic acids is 1. The molecule has 6 heteroatoms. The molecule has 122 valence electrons. The number of carboxylic acids is 1. The van der Waals surface area contributed by atoms with Crippen molar-refractivity contribution < 1.29 is 27.8 Å². The number of fused-ring (bicyclic) bond motifs is 1. The largest absolute Gasteiger partial charge is 0.573 e. The second kappa shape index (κ2) is 5.88. The average molecular weight is 332 g/mol. The summed E-state index contributed by atoms with van der Waals surface area (Å²) in [6.45, 7) is 0. The topological polar surface area (TPSA) is 46.5 Å². The van der Waals surface area contributed by atoms with Gasteiger partial charge in [-0.25, -0.2) is 4.79 Å². The minimum Gasteiger partial charge on any atom is -0.478 e. The number of carbonyl (C=O) groups is 1. The predicted octanol–water partition coefficient (Wildman–Crippen LogP) is 5.10.